The second kappa shape index (κ2) is 10.7. The number of nitrogens with one attached hydrogen (secondary N) is 1. The number of halogens is 2. The summed E-state index contributed by atoms with van der Waals surface area (Å²) >= 11 is 13.7. The molecule has 0 bridgehead atoms. The van der Waals surface area contributed by atoms with Crippen LogP contribution < -0.4 is 10.1 Å². The van der Waals surface area contributed by atoms with Crippen molar-refractivity contribution in [2.45, 2.75) is 24.7 Å². The van der Waals surface area contributed by atoms with Crippen molar-refractivity contribution in [1.82, 2.24) is 25.5 Å². The average Bonchev–Trinajstić information content (AvgIpc) is 3.11. The number of thioether (sulfide) groups is 1. The molecule has 9 heteroatoms. The second-order valence-corrected chi connectivity index (χ2v) is 7.99. The fraction of sp³-hybridized carbons (Fsp3) is 0.316. The Balaban J connectivity index is 1.43. The van der Waals surface area contributed by atoms with Crippen LogP contribution in [-0.4, -0.2) is 32.5 Å². The topological polar surface area (TPSA) is 64.9 Å². The molecule has 0 aliphatic heterocycles. The van der Waals surface area contributed by atoms with Crippen molar-refractivity contribution in [2.24, 2.45) is 7.05 Å². The predicted molar refractivity (Wildman–Crippen MR) is 113 cm³/mol. The van der Waals surface area contributed by atoms with Crippen LogP contribution in [0.1, 0.15) is 17.5 Å². The van der Waals surface area contributed by atoms with Gasteiger partial charge in [-0.3, -0.25) is 0 Å². The number of rotatable bonds is 10. The number of tetrazole rings is 1. The minimum Gasteiger partial charge on any atom is -0.489 e. The van der Waals surface area contributed by atoms with E-state index in [1.165, 1.54) is 0 Å². The van der Waals surface area contributed by atoms with Gasteiger partial charge in [-0.25, -0.2) is 4.68 Å². The van der Waals surface area contributed by atoms with E-state index < -0.39 is 0 Å². The molecule has 0 unspecified atom stereocenters. The zero-order valence-electron chi connectivity index (χ0n) is 15.4. The van der Waals surface area contributed by atoms with E-state index in [4.69, 9.17) is 27.9 Å². The molecule has 2 aromatic carbocycles. The van der Waals surface area contributed by atoms with E-state index in [2.05, 4.69) is 26.9 Å². The SMILES string of the molecule is Cn1nnnc1SCCCNCc1ccccc1OCc1ccc(Cl)c(Cl)c1. The quantitative estimate of drug-likeness (QED) is 0.375. The molecule has 148 valence electrons. The first-order valence-electron chi connectivity index (χ1n) is 8.84. The van der Waals surface area contributed by atoms with E-state index in [0.29, 0.717) is 16.7 Å². The van der Waals surface area contributed by atoms with Gasteiger partial charge in [0.2, 0.25) is 5.16 Å². The smallest absolute Gasteiger partial charge is 0.209 e. The van der Waals surface area contributed by atoms with E-state index >= 15 is 0 Å². The van der Waals surface area contributed by atoms with Crippen LogP contribution in [0.5, 0.6) is 5.75 Å². The Bertz CT molecular complexity index is 906. The van der Waals surface area contributed by atoms with Crippen molar-refractivity contribution in [3.63, 3.8) is 0 Å². The summed E-state index contributed by atoms with van der Waals surface area (Å²) in [6, 6.07) is 13.6. The maximum atomic E-state index is 6.07. The molecular formula is C19H21Cl2N5OS. The lowest BCUT2D eigenvalue weighted by Gasteiger charge is -2.12. The van der Waals surface area contributed by atoms with Gasteiger partial charge >= 0.3 is 0 Å². The van der Waals surface area contributed by atoms with Crippen LogP contribution in [0.15, 0.2) is 47.6 Å². The number of nitrogens with zero attached hydrogens (tertiary/aromatic N) is 4. The summed E-state index contributed by atoms with van der Waals surface area (Å²) in [5.74, 6) is 1.82. The third kappa shape index (κ3) is 6.10. The van der Waals surface area contributed by atoms with Gasteiger partial charge in [-0.05, 0) is 47.2 Å². The number of para-hydroxylation sites is 1. The highest BCUT2D eigenvalue weighted by atomic mass is 35.5. The molecule has 0 spiro atoms. The molecular weight excluding hydrogens is 417 g/mol. The lowest BCUT2D eigenvalue weighted by atomic mass is 10.2. The zero-order valence-corrected chi connectivity index (χ0v) is 17.8. The summed E-state index contributed by atoms with van der Waals surface area (Å²) in [5, 5.41) is 16.8. The summed E-state index contributed by atoms with van der Waals surface area (Å²) < 4.78 is 7.67. The van der Waals surface area contributed by atoms with Crippen molar-refractivity contribution < 1.29 is 4.74 Å². The predicted octanol–water partition coefficient (Wildman–Crippen LogP) is 4.37. The van der Waals surface area contributed by atoms with Gasteiger partial charge in [0, 0.05) is 24.9 Å². The average molecular weight is 438 g/mol. The van der Waals surface area contributed by atoms with Crippen LogP contribution in [0.4, 0.5) is 0 Å². The van der Waals surface area contributed by atoms with Gasteiger partial charge in [0.25, 0.3) is 0 Å². The molecule has 0 fully saturated rings. The molecule has 28 heavy (non-hydrogen) atoms. The molecule has 3 aromatic rings. The number of ether oxygens (including phenoxy) is 1. The zero-order chi connectivity index (χ0) is 19.8. The molecule has 0 aliphatic rings. The second-order valence-electron chi connectivity index (χ2n) is 6.11. The van der Waals surface area contributed by atoms with Crippen LogP contribution in [0.2, 0.25) is 10.0 Å². The molecule has 0 atom stereocenters. The van der Waals surface area contributed by atoms with Crippen LogP contribution in [0.3, 0.4) is 0 Å². The van der Waals surface area contributed by atoms with Crippen LogP contribution >= 0.6 is 35.0 Å². The fourth-order valence-electron chi connectivity index (χ4n) is 2.51. The van der Waals surface area contributed by atoms with Gasteiger partial charge in [-0.2, -0.15) is 0 Å². The summed E-state index contributed by atoms with van der Waals surface area (Å²) in [7, 11) is 1.84. The van der Waals surface area contributed by atoms with Crippen LogP contribution in [0, 0.1) is 0 Å². The van der Waals surface area contributed by atoms with Gasteiger partial charge in [0.15, 0.2) is 0 Å². The highest BCUT2D eigenvalue weighted by Crippen LogP contribution is 2.24. The van der Waals surface area contributed by atoms with Gasteiger partial charge in [-0.1, -0.05) is 59.2 Å². The molecule has 1 aromatic heterocycles. The Kier molecular flexibility index (Phi) is 7.97. The normalized spacial score (nSPS) is 11.0. The maximum Gasteiger partial charge on any atom is 0.209 e. The third-order valence-corrected chi connectivity index (χ3v) is 5.81. The van der Waals surface area contributed by atoms with Crippen LogP contribution in [0.25, 0.3) is 0 Å². The Morgan fingerprint density at radius 3 is 2.79 bits per heavy atom. The van der Waals surface area contributed by atoms with Crippen molar-refractivity contribution in [3.8, 4) is 5.75 Å². The monoisotopic (exact) mass is 437 g/mol. The minimum absolute atomic E-state index is 0.441. The number of benzene rings is 2. The molecule has 0 aliphatic carbocycles. The highest BCUT2D eigenvalue weighted by Gasteiger charge is 2.06. The molecule has 1 heterocycles. The first-order chi connectivity index (χ1) is 13.6. The van der Waals surface area contributed by atoms with Gasteiger partial charge in [0.05, 0.1) is 10.0 Å². The van der Waals surface area contributed by atoms with E-state index in [-0.39, 0.29) is 0 Å². The molecule has 0 radical (unpaired) electrons. The highest BCUT2D eigenvalue weighted by molar-refractivity contribution is 7.99. The fourth-order valence-corrected chi connectivity index (χ4v) is 3.62. The molecule has 0 saturated heterocycles. The minimum atomic E-state index is 0.441. The largest absolute Gasteiger partial charge is 0.489 e. The Labute approximate surface area is 178 Å². The molecule has 0 saturated carbocycles. The third-order valence-electron chi connectivity index (χ3n) is 3.98. The van der Waals surface area contributed by atoms with Crippen molar-refractivity contribution in [3.05, 3.63) is 63.6 Å². The Morgan fingerprint density at radius 2 is 2.00 bits per heavy atom. The lowest BCUT2D eigenvalue weighted by Crippen LogP contribution is -2.16. The molecule has 0 amide bonds. The Hall–Kier alpha value is -1.80. The van der Waals surface area contributed by atoms with Crippen LogP contribution in [-0.2, 0) is 20.2 Å². The summed E-state index contributed by atoms with van der Waals surface area (Å²) in [6.07, 6.45) is 1.02. The Morgan fingerprint density at radius 1 is 1.14 bits per heavy atom. The standard InChI is InChI=1S/C19H21Cl2N5OS/c1-26-19(23-24-25-26)28-10-4-9-22-12-15-5-2-3-6-18(15)27-13-14-7-8-16(20)17(21)11-14/h2-3,5-8,11,22H,4,9-10,12-13H2,1H3. The summed E-state index contributed by atoms with van der Waals surface area (Å²) in [5.41, 5.74) is 2.10. The number of aryl methyl sites for hydroxylation is 1. The van der Waals surface area contributed by atoms with Crippen molar-refractivity contribution in [1.29, 1.82) is 0 Å². The molecule has 1 N–H and O–H groups in total. The molecule has 6 nitrogen and oxygen atoms in total. The molecule has 3 rings (SSSR count). The van der Waals surface area contributed by atoms with Crippen molar-refractivity contribution in [2.75, 3.05) is 12.3 Å². The van der Waals surface area contributed by atoms with Gasteiger partial charge < -0.3 is 10.1 Å². The number of hydrogen-bond acceptors (Lipinski definition) is 6. The lowest BCUT2D eigenvalue weighted by molar-refractivity contribution is 0.302. The number of hydrogen-bond donors (Lipinski definition) is 1. The van der Waals surface area contributed by atoms with Gasteiger partial charge in [-0.15, -0.1) is 5.10 Å². The van der Waals surface area contributed by atoms with E-state index in [0.717, 1.165) is 47.3 Å². The summed E-state index contributed by atoms with van der Waals surface area (Å²) in [6.45, 7) is 2.09. The van der Waals surface area contributed by atoms with E-state index in [1.807, 2.05) is 37.4 Å². The van der Waals surface area contributed by atoms with Gasteiger partial charge in [0.1, 0.15) is 12.4 Å². The van der Waals surface area contributed by atoms with Crippen molar-refractivity contribution >= 4 is 35.0 Å². The summed E-state index contributed by atoms with van der Waals surface area (Å²) in [4.78, 5) is 0. The van der Waals surface area contributed by atoms with E-state index in [1.54, 1.807) is 22.5 Å². The first-order valence-corrected chi connectivity index (χ1v) is 10.6. The first kappa shape index (κ1) is 20.9. The maximum absolute atomic E-state index is 6.07. The van der Waals surface area contributed by atoms with E-state index in [9.17, 15) is 0 Å². The number of aromatic nitrogens is 4.